The largest absolute Gasteiger partial charge is 0.462 e. The number of amides is 1. The lowest BCUT2D eigenvalue weighted by Crippen LogP contribution is -2.51. The number of carbonyl (C=O) groups is 3. The third-order valence-corrected chi connectivity index (χ3v) is 10.5. The molecule has 3 saturated carbocycles. The van der Waals surface area contributed by atoms with Crippen molar-refractivity contribution >= 4 is 17.7 Å². The van der Waals surface area contributed by atoms with Gasteiger partial charge < -0.3 is 15.2 Å². The predicted octanol–water partition coefficient (Wildman–Crippen LogP) is 4.76. The first-order valence-electron chi connectivity index (χ1n) is 14.4. The van der Waals surface area contributed by atoms with E-state index >= 15 is 0 Å². The second-order valence-electron chi connectivity index (χ2n) is 12.6. The number of aromatic nitrogens is 1. The lowest BCUT2D eigenvalue weighted by molar-refractivity contribution is -0.160. The summed E-state index contributed by atoms with van der Waals surface area (Å²) in [4.78, 5) is 41.3. The van der Waals surface area contributed by atoms with E-state index in [0.29, 0.717) is 29.7 Å². The number of nitrogens with one attached hydrogen (secondary N) is 1. The number of ether oxygens (including phenoxy) is 1. The third-order valence-electron chi connectivity index (χ3n) is 10.5. The molecule has 0 spiro atoms. The molecule has 1 amide bonds. The summed E-state index contributed by atoms with van der Waals surface area (Å²) in [6.07, 6.45) is 10.6. The molecule has 0 radical (unpaired) electrons. The van der Waals surface area contributed by atoms with Gasteiger partial charge in [-0.1, -0.05) is 25.5 Å². The summed E-state index contributed by atoms with van der Waals surface area (Å²) in [6.45, 7) is 6.65. The van der Waals surface area contributed by atoms with Crippen molar-refractivity contribution < 1.29 is 24.2 Å². The van der Waals surface area contributed by atoms with Crippen LogP contribution >= 0.6 is 0 Å². The Morgan fingerprint density at radius 3 is 2.68 bits per heavy atom. The molecular weight excluding hydrogens is 480 g/mol. The van der Waals surface area contributed by atoms with Gasteiger partial charge in [-0.15, -0.1) is 0 Å². The summed E-state index contributed by atoms with van der Waals surface area (Å²) in [6, 6.07) is 3.61. The molecule has 0 saturated heterocycles. The van der Waals surface area contributed by atoms with Crippen LogP contribution in [0.15, 0.2) is 30.0 Å². The number of aliphatic hydroxyl groups is 1. The van der Waals surface area contributed by atoms with Gasteiger partial charge in [0, 0.05) is 42.3 Å². The highest BCUT2D eigenvalue weighted by Crippen LogP contribution is 2.65. The maximum Gasteiger partial charge on any atom is 0.306 e. The van der Waals surface area contributed by atoms with E-state index < -0.39 is 6.10 Å². The summed E-state index contributed by atoms with van der Waals surface area (Å²) >= 11 is 0. The Labute approximate surface area is 225 Å². The predicted molar refractivity (Wildman–Crippen MR) is 143 cm³/mol. The van der Waals surface area contributed by atoms with E-state index in [1.165, 1.54) is 5.57 Å². The molecule has 206 valence electrons. The average Bonchev–Trinajstić information content (AvgIpc) is 3.22. The van der Waals surface area contributed by atoms with E-state index in [9.17, 15) is 19.5 Å². The van der Waals surface area contributed by atoms with Crippen LogP contribution in [0.25, 0.3) is 0 Å². The van der Waals surface area contributed by atoms with Crippen LogP contribution in [0.1, 0.15) is 95.4 Å². The van der Waals surface area contributed by atoms with Crippen LogP contribution < -0.4 is 5.32 Å². The first-order valence-corrected chi connectivity index (χ1v) is 14.4. The number of nitrogens with zero attached hydrogens (tertiary/aromatic N) is 1. The molecule has 5 rings (SSSR count). The molecule has 4 aliphatic carbocycles. The van der Waals surface area contributed by atoms with Crippen molar-refractivity contribution in [2.75, 3.05) is 6.54 Å². The van der Waals surface area contributed by atoms with Crippen LogP contribution in [0.2, 0.25) is 0 Å². The topological polar surface area (TPSA) is 106 Å². The Bertz CT molecular complexity index is 1110. The molecule has 0 aromatic carbocycles. The maximum absolute atomic E-state index is 12.8. The Kier molecular flexibility index (Phi) is 7.51. The lowest BCUT2D eigenvalue weighted by atomic mass is 9.47. The van der Waals surface area contributed by atoms with E-state index in [0.717, 1.165) is 50.6 Å². The number of carbonyl (C=O) groups excluding carboxylic acids is 3. The van der Waals surface area contributed by atoms with Crippen LogP contribution in [0.3, 0.4) is 0 Å². The smallest absolute Gasteiger partial charge is 0.306 e. The van der Waals surface area contributed by atoms with Gasteiger partial charge in [-0.05, 0) is 87.2 Å². The SMILES string of the molecule is Cc1ccc([C@@H](O)CNC(=O)CCC(=O)O[C@@H]2CC[C@@H]3[C@H]4CCC5=CC(=O)CC[C@]5(C)[C@H]4CC[C@@]32C)cn1. The molecule has 7 heteroatoms. The fourth-order valence-electron chi connectivity index (χ4n) is 8.23. The van der Waals surface area contributed by atoms with Crippen molar-refractivity contribution in [1.29, 1.82) is 0 Å². The van der Waals surface area contributed by atoms with Gasteiger partial charge in [0.05, 0.1) is 12.5 Å². The number of fused-ring (bicyclic) bond motifs is 5. The van der Waals surface area contributed by atoms with Crippen LogP contribution in [0.5, 0.6) is 0 Å². The number of rotatable bonds is 7. The molecule has 1 aromatic rings. The second-order valence-corrected chi connectivity index (χ2v) is 12.6. The standard InChI is InChI=1S/C31H42N2O5/c1-19-4-5-20(17-32-19)26(35)18-33-28(36)10-11-29(37)38-27-9-8-24-23-7-6-21-16-22(34)12-14-30(21,2)25(23)13-15-31(24,27)3/h4-5,16-17,23-27,35H,6-15,18H2,1-3H3,(H,33,36)/t23-,24-,25+,26+,27-,30+,31+/m1/s1. The van der Waals surface area contributed by atoms with Crippen LogP contribution in [0.4, 0.5) is 0 Å². The fraction of sp³-hybridized carbons (Fsp3) is 0.677. The lowest BCUT2D eigenvalue weighted by Gasteiger charge is -2.57. The third kappa shape index (κ3) is 5.06. The molecule has 0 aliphatic heterocycles. The minimum Gasteiger partial charge on any atom is -0.462 e. The van der Waals surface area contributed by atoms with E-state index in [2.05, 4.69) is 24.1 Å². The highest BCUT2D eigenvalue weighted by Gasteiger charge is 2.59. The number of hydrogen-bond acceptors (Lipinski definition) is 6. The average molecular weight is 523 g/mol. The molecule has 1 heterocycles. The summed E-state index contributed by atoms with van der Waals surface area (Å²) in [7, 11) is 0. The van der Waals surface area contributed by atoms with Crippen molar-refractivity contribution in [3.8, 4) is 0 Å². The molecule has 0 unspecified atom stereocenters. The zero-order valence-electron chi connectivity index (χ0n) is 23.0. The number of aryl methyl sites for hydroxylation is 1. The van der Waals surface area contributed by atoms with Crippen molar-refractivity contribution in [2.24, 2.45) is 28.6 Å². The van der Waals surface area contributed by atoms with Crippen molar-refractivity contribution in [1.82, 2.24) is 10.3 Å². The molecule has 38 heavy (non-hydrogen) atoms. The molecule has 3 fully saturated rings. The van der Waals surface area contributed by atoms with Crippen molar-refractivity contribution in [3.05, 3.63) is 41.2 Å². The number of aliphatic hydroxyl groups excluding tert-OH is 1. The first-order chi connectivity index (χ1) is 18.1. The maximum atomic E-state index is 12.8. The summed E-state index contributed by atoms with van der Waals surface area (Å²) in [5.41, 5.74) is 3.00. The molecular formula is C31H42N2O5. The number of allylic oxidation sites excluding steroid dienone is 1. The zero-order chi connectivity index (χ0) is 27.1. The molecule has 4 aliphatic rings. The van der Waals surface area contributed by atoms with E-state index in [1.54, 1.807) is 12.3 Å². The quantitative estimate of drug-likeness (QED) is 0.500. The Morgan fingerprint density at radius 1 is 1.11 bits per heavy atom. The van der Waals surface area contributed by atoms with Gasteiger partial charge in [0.1, 0.15) is 6.10 Å². The minimum absolute atomic E-state index is 0.0205. The van der Waals surface area contributed by atoms with Crippen LogP contribution in [0, 0.1) is 35.5 Å². The highest BCUT2D eigenvalue weighted by molar-refractivity contribution is 5.91. The Morgan fingerprint density at radius 2 is 1.92 bits per heavy atom. The number of pyridine rings is 1. The van der Waals surface area contributed by atoms with Gasteiger partial charge in [0.2, 0.25) is 5.91 Å². The molecule has 1 aromatic heterocycles. The second kappa shape index (κ2) is 10.6. The summed E-state index contributed by atoms with van der Waals surface area (Å²) in [5, 5.41) is 13.0. The molecule has 0 bridgehead atoms. The van der Waals surface area contributed by atoms with Crippen LogP contribution in [-0.2, 0) is 19.1 Å². The van der Waals surface area contributed by atoms with E-state index in [1.807, 2.05) is 19.1 Å². The van der Waals surface area contributed by atoms with Gasteiger partial charge in [-0.25, -0.2) is 0 Å². The summed E-state index contributed by atoms with van der Waals surface area (Å²) < 4.78 is 6.03. The van der Waals surface area contributed by atoms with Crippen molar-refractivity contribution in [3.63, 3.8) is 0 Å². The Hall–Kier alpha value is -2.54. The van der Waals surface area contributed by atoms with Gasteiger partial charge in [0.25, 0.3) is 0 Å². The molecule has 2 N–H and O–H groups in total. The monoisotopic (exact) mass is 522 g/mol. The normalized spacial score (nSPS) is 34.8. The number of hydrogen-bond donors (Lipinski definition) is 2. The fourth-order valence-corrected chi connectivity index (χ4v) is 8.23. The minimum atomic E-state index is -0.841. The molecule has 7 nitrogen and oxygen atoms in total. The molecule has 7 atom stereocenters. The van der Waals surface area contributed by atoms with Crippen LogP contribution in [-0.4, -0.2) is 40.4 Å². The van der Waals surface area contributed by atoms with Gasteiger partial charge in [0.15, 0.2) is 5.78 Å². The van der Waals surface area contributed by atoms with E-state index in [-0.39, 0.29) is 54.0 Å². The zero-order valence-corrected chi connectivity index (χ0v) is 23.0. The number of ketones is 1. The van der Waals surface area contributed by atoms with Gasteiger partial charge >= 0.3 is 5.97 Å². The van der Waals surface area contributed by atoms with Crippen molar-refractivity contribution in [2.45, 2.75) is 97.2 Å². The number of esters is 1. The van der Waals surface area contributed by atoms with E-state index in [4.69, 9.17) is 4.74 Å². The van der Waals surface area contributed by atoms with Gasteiger partial charge in [-0.2, -0.15) is 0 Å². The highest BCUT2D eigenvalue weighted by atomic mass is 16.5. The summed E-state index contributed by atoms with van der Waals surface area (Å²) in [5.74, 6) is 1.46. The van der Waals surface area contributed by atoms with Gasteiger partial charge in [-0.3, -0.25) is 19.4 Å². The first kappa shape index (κ1) is 27.0. The Balaban J connectivity index is 1.12.